The number of amides is 2. The van der Waals surface area contributed by atoms with Gasteiger partial charge in [0.05, 0.1) is 0 Å². The molecule has 6 nitrogen and oxygen atoms in total. The normalized spacial score (nSPS) is 16.5. The first-order chi connectivity index (χ1) is 15.6. The molecule has 4 rings (SSSR count). The number of aryl methyl sites for hydroxylation is 2. The van der Waals surface area contributed by atoms with Crippen LogP contribution in [0.5, 0.6) is 0 Å². The molecule has 0 radical (unpaired) electrons. The molecular weight excluding hydrogens is 402 g/mol. The van der Waals surface area contributed by atoms with Gasteiger partial charge in [0.15, 0.2) is 0 Å². The monoisotopic (exact) mass is 435 g/mol. The second-order valence-electron chi connectivity index (χ2n) is 8.97. The summed E-state index contributed by atoms with van der Waals surface area (Å²) in [5.41, 5.74) is 2.94. The molecule has 1 aromatic heterocycles. The van der Waals surface area contributed by atoms with Crippen LogP contribution in [0.3, 0.4) is 0 Å². The molecule has 32 heavy (non-hydrogen) atoms. The number of pyridine rings is 1. The first-order valence-corrected chi connectivity index (χ1v) is 11.9. The third kappa shape index (κ3) is 4.95. The van der Waals surface area contributed by atoms with Crippen LogP contribution >= 0.6 is 0 Å². The van der Waals surface area contributed by atoms with Crippen molar-refractivity contribution in [1.29, 1.82) is 0 Å². The average molecular weight is 436 g/mol. The first-order valence-electron chi connectivity index (χ1n) is 11.9. The topological polar surface area (TPSA) is 71.4 Å². The maximum absolute atomic E-state index is 13.4. The van der Waals surface area contributed by atoms with Gasteiger partial charge in [0.25, 0.3) is 11.5 Å². The van der Waals surface area contributed by atoms with Gasteiger partial charge >= 0.3 is 0 Å². The van der Waals surface area contributed by atoms with Crippen LogP contribution in [0.4, 0.5) is 0 Å². The summed E-state index contributed by atoms with van der Waals surface area (Å²) in [7, 11) is 0. The lowest BCUT2D eigenvalue weighted by molar-refractivity contribution is -0.131. The van der Waals surface area contributed by atoms with E-state index in [1.165, 1.54) is 6.42 Å². The van der Waals surface area contributed by atoms with Crippen LogP contribution in [0, 0.1) is 0 Å². The zero-order valence-electron chi connectivity index (χ0n) is 18.9. The number of carbonyl (C=O) groups excluding carboxylic acids is 2. The standard InChI is InChI=1S/C26H33N3O3/c1-2-23(30)28-16-14-22-20(17-28)18-29(15-13-19-9-5-3-6-10-19)26(32)24(22)25(31)27-21-11-7-4-8-12-21/h3,5-6,9-10,18,21H,2,4,7-8,11-17H2,1H3,(H,27,31). The summed E-state index contributed by atoms with van der Waals surface area (Å²) in [6.07, 6.45) is 8.97. The second-order valence-corrected chi connectivity index (χ2v) is 8.97. The number of nitrogens with zero attached hydrogens (tertiary/aromatic N) is 2. The minimum atomic E-state index is -0.248. The molecule has 0 saturated heterocycles. The number of rotatable bonds is 6. The van der Waals surface area contributed by atoms with Gasteiger partial charge in [-0.2, -0.15) is 0 Å². The Kier molecular flexibility index (Phi) is 7.08. The van der Waals surface area contributed by atoms with Crippen molar-refractivity contribution in [2.75, 3.05) is 6.54 Å². The van der Waals surface area contributed by atoms with Crippen molar-refractivity contribution in [3.8, 4) is 0 Å². The lowest BCUT2D eigenvalue weighted by atomic mass is 9.93. The van der Waals surface area contributed by atoms with Crippen LogP contribution in [0.15, 0.2) is 41.3 Å². The molecule has 2 amide bonds. The minimum absolute atomic E-state index is 0.103. The number of fused-ring (bicyclic) bond motifs is 1. The average Bonchev–Trinajstić information content (AvgIpc) is 2.83. The SMILES string of the molecule is CCC(=O)N1CCc2c(cn(CCc3ccccc3)c(=O)c2C(=O)NC2CCCCC2)C1. The molecule has 2 heterocycles. The van der Waals surface area contributed by atoms with Gasteiger partial charge in [-0.1, -0.05) is 56.5 Å². The van der Waals surface area contributed by atoms with Crippen molar-refractivity contribution < 1.29 is 9.59 Å². The summed E-state index contributed by atoms with van der Waals surface area (Å²) in [4.78, 5) is 40.9. The van der Waals surface area contributed by atoms with Crippen molar-refractivity contribution >= 4 is 11.8 Å². The smallest absolute Gasteiger partial charge is 0.263 e. The van der Waals surface area contributed by atoms with E-state index in [1.54, 1.807) is 4.57 Å². The van der Waals surface area contributed by atoms with Gasteiger partial charge in [0.1, 0.15) is 5.56 Å². The Balaban J connectivity index is 1.65. The summed E-state index contributed by atoms with van der Waals surface area (Å²) in [5.74, 6) is -0.145. The molecule has 0 unspecified atom stereocenters. The fourth-order valence-corrected chi connectivity index (χ4v) is 4.95. The number of nitrogens with one attached hydrogen (secondary N) is 1. The highest BCUT2D eigenvalue weighted by Crippen LogP contribution is 2.23. The Labute approximate surface area is 189 Å². The van der Waals surface area contributed by atoms with Gasteiger partial charge in [-0.05, 0) is 42.4 Å². The van der Waals surface area contributed by atoms with Gasteiger partial charge in [0.2, 0.25) is 5.91 Å². The molecule has 0 atom stereocenters. The van der Waals surface area contributed by atoms with Gasteiger partial charge in [-0.25, -0.2) is 0 Å². The quantitative estimate of drug-likeness (QED) is 0.756. The fourth-order valence-electron chi connectivity index (χ4n) is 4.95. The van der Waals surface area contributed by atoms with Gasteiger partial charge in [-0.15, -0.1) is 0 Å². The van der Waals surface area contributed by atoms with Crippen molar-refractivity contribution in [3.63, 3.8) is 0 Å². The van der Waals surface area contributed by atoms with Crippen LogP contribution in [0.1, 0.15) is 72.5 Å². The number of carbonyl (C=O) groups is 2. The highest BCUT2D eigenvalue weighted by atomic mass is 16.2. The predicted octanol–water partition coefficient (Wildman–Crippen LogP) is 3.45. The van der Waals surface area contributed by atoms with Crippen molar-refractivity contribution in [2.45, 2.75) is 77.4 Å². The van der Waals surface area contributed by atoms with E-state index in [1.807, 2.05) is 48.4 Å². The molecule has 2 aromatic rings. The molecule has 1 aliphatic carbocycles. The van der Waals surface area contributed by atoms with E-state index in [4.69, 9.17) is 0 Å². The van der Waals surface area contributed by atoms with Gasteiger partial charge in [0, 0.05) is 38.3 Å². The van der Waals surface area contributed by atoms with E-state index in [2.05, 4.69) is 5.32 Å². The second kappa shape index (κ2) is 10.2. The summed E-state index contributed by atoms with van der Waals surface area (Å²) >= 11 is 0. The number of hydrogen-bond acceptors (Lipinski definition) is 3. The molecule has 2 aliphatic rings. The zero-order chi connectivity index (χ0) is 22.5. The molecule has 0 spiro atoms. The third-order valence-corrected chi connectivity index (χ3v) is 6.78. The van der Waals surface area contributed by atoms with Crippen molar-refractivity contribution in [3.05, 3.63) is 69.1 Å². The molecule has 6 heteroatoms. The lowest BCUT2D eigenvalue weighted by Crippen LogP contribution is -2.43. The molecule has 1 aromatic carbocycles. The Bertz CT molecular complexity index is 1020. The van der Waals surface area contributed by atoms with Crippen LogP contribution in [-0.2, 0) is 30.7 Å². The van der Waals surface area contributed by atoms with E-state index in [0.29, 0.717) is 38.9 Å². The van der Waals surface area contributed by atoms with E-state index >= 15 is 0 Å². The van der Waals surface area contributed by atoms with Gasteiger partial charge in [-0.3, -0.25) is 14.4 Å². The van der Waals surface area contributed by atoms with E-state index in [0.717, 1.165) is 42.4 Å². The van der Waals surface area contributed by atoms with Crippen LogP contribution in [0.25, 0.3) is 0 Å². The third-order valence-electron chi connectivity index (χ3n) is 6.78. The van der Waals surface area contributed by atoms with E-state index in [-0.39, 0.29) is 29.0 Å². The maximum Gasteiger partial charge on any atom is 0.263 e. The van der Waals surface area contributed by atoms with Crippen LogP contribution in [0.2, 0.25) is 0 Å². The van der Waals surface area contributed by atoms with Crippen LogP contribution in [-0.4, -0.2) is 33.9 Å². The van der Waals surface area contributed by atoms with Crippen molar-refractivity contribution in [2.24, 2.45) is 0 Å². The predicted molar refractivity (Wildman–Crippen MR) is 125 cm³/mol. The highest BCUT2D eigenvalue weighted by molar-refractivity contribution is 5.96. The molecule has 1 N–H and O–H groups in total. The van der Waals surface area contributed by atoms with E-state index in [9.17, 15) is 14.4 Å². The summed E-state index contributed by atoms with van der Waals surface area (Å²) in [6, 6.07) is 10.2. The van der Waals surface area contributed by atoms with Crippen molar-refractivity contribution in [1.82, 2.24) is 14.8 Å². The summed E-state index contributed by atoms with van der Waals surface area (Å²) in [6.45, 7) is 3.37. The number of benzene rings is 1. The first kappa shape index (κ1) is 22.3. The molecule has 1 fully saturated rings. The fraction of sp³-hybridized carbons (Fsp3) is 0.500. The lowest BCUT2D eigenvalue weighted by Gasteiger charge is -2.31. The zero-order valence-corrected chi connectivity index (χ0v) is 18.9. The molecule has 1 aliphatic heterocycles. The Morgan fingerprint density at radius 2 is 1.84 bits per heavy atom. The number of aromatic nitrogens is 1. The summed E-state index contributed by atoms with van der Waals surface area (Å²) < 4.78 is 1.67. The highest BCUT2D eigenvalue weighted by Gasteiger charge is 2.28. The number of hydrogen-bond donors (Lipinski definition) is 1. The molecule has 1 saturated carbocycles. The molecular formula is C26H33N3O3. The minimum Gasteiger partial charge on any atom is -0.349 e. The Morgan fingerprint density at radius 3 is 2.56 bits per heavy atom. The molecule has 0 bridgehead atoms. The van der Waals surface area contributed by atoms with E-state index < -0.39 is 0 Å². The largest absolute Gasteiger partial charge is 0.349 e. The molecule has 170 valence electrons. The Hall–Kier alpha value is -2.89. The summed E-state index contributed by atoms with van der Waals surface area (Å²) in [5, 5.41) is 3.14. The van der Waals surface area contributed by atoms with Crippen LogP contribution < -0.4 is 10.9 Å². The maximum atomic E-state index is 13.4. The van der Waals surface area contributed by atoms with Gasteiger partial charge < -0.3 is 14.8 Å². The Morgan fingerprint density at radius 1 is 1.09 bits per heavy atom.